The van der Waals surface area contributed by atoms with Gasteiger partial charge in [0.15, 0.2) is 0 Å². The third-order valence-corrected chi connectivity index (χ3v) is 4.87. The Hall–Kier alpha value is -1.11. The average molecular weight is 375 g/mol. The Kier molecular flexibility index (Phi) is 5.24. The molecule has 1 aromatic carbocycles. The molecule has 0 radical (unpaired) electrons. The highest BCUT2D eigenvalue weighted by molar-refractivity contribution is 9.10. The molecule has 0 atom stereocenters. The predicted molar refractivity (Wildman–Crippen MR) is 86.5 cm³/mol. The number of nitrogens with two attached hydrogens (primary N) is 1. The van der Waals surface area contributed by atoms with Crippen LogP contribution in [0.25, 0.3) is 0 Å². The summed E-state index contributed by atoms with van der Waals surface area (Å²) in [5, 5.41) is 3.17. The van der Waals surface area contributed by atoms with Gasteiger partial charge in [-0.1, -0.05) is 11.6 Å². The first-order valence-electron chi connectivity index (χ1n) is 6.66. The molecule has 2 amide bonds. The standard InChI is InChI=1S/C14H17BrClN3O2/c1-19-4-2-8(3-5-19)14(21)18-12-7-10(15)11(16)6-9(12)13(17)20/h6-8H,2-5H2,1H3,(H2,17,20)(H,18,21). The van der Waals surface area contributed by atoms with Gasteiger partial charge in [-0.25, -0.2) is 0 Å². The summed E-state index contributed by atoms with van der Waals surface area (Å²) in [4.78, 5) is 26.0. The Morgan fingerprint density at radius 1 is 1.38 bits per heavy atom. The molecular weight excluding hydrogens is 358 g/mol. The summed E-state index contributed by atoms with van der Waals surface area (Å²) in [6, 6.07) is 3.06. The maximum absolute atomic E-state index is 12.3. The molecule has 0 aliphatic carbocycles. The van der Waals surface area contributed by atoms with Gasteiger partial charge in [0.1, 0.15) is 0 Å². The van der Waals surface area contributed by atoms with Crippen molar-refractivity contribution in [2.75, 3.05) is 25.5 Å². The highest BCUT2D eigenvalue weighted by atomic mass is 79.9. The zero-order chi connectivity index (χ0) is 15.6. The van der Waals surface area contributed by atoms with E-state index in [0.29, 0.717) is 15.2 Å². The van der Waals surface area contributed by atoms with Crippen molar-refractivity contribution < 1.29 is 9.59 Å². The van der Waals surface area contributed by atoms with Crippen molar-refractivity contribution >= 4 is 45.0 Å². The van der Waals surface area contributed by atoms with E-state index < -0.39 is 5.91 Å². The summed E-state index contributed by atoms with van der Waals surface area (Å²) >= 11 is 9.24. The van der Waals surface area contributed by atoms with Gasteiger partial charge in [0.25, 0.3) is 5.91 Å². The van der Waals surface area contributed by atoms with Crippen LogP contribution in [0.15, 0.2) is 16.6 Å². The lowest BCUT2D eigenvalue weighted by atomic mass is 9.96. The van der Waals surface area contributed by atoms with E-state index in [9.17, 15) is 9.59 Å². The first-order valence-corrected chi connectivity index (χ1v) is 7.84. The minimum absolute atomic E-state index is 0.0450. The monoisotopic (exact) mass is 373 g/mol. The number of halogens is 2. The second kappa shape index (κ2) is 6.77. The number of nitrogens with zero attached hydrogens (tertiary/aromatic N) is 1. The quantitative estimate of drug-likeness (QED) is 0.853. The molecule has 21 heavy (non-hydrogen) atoms. The zero-order valence-electron chi connectivity index (χ0n) is 11.7. The number of carbonyl (C=O) groups excluding carboxylic acids is 2. The van der Waals surface area contributed by atoms with E-state index in [2.05, 4.69) is 26.1 Å². The lowest BCUT2D eigenvalue weighted by molar-refractivity contribution is -0.121. The molecule has 1 fully saturated rings. The van der Waals surface area contributed by atoms with Crippen molar-refractivity contribution in [3.05, 3.63) is 27.2 Å². The summed E-state index contributed by atoms with van der Waals surface area (Å²) in [6.07, 6.45) is 1.62. The van der Waals surface area contributed by atoms with Crippen LogP contribution in [0, 0.1) is 5.92 Å². The largest absolute Gasteiger partial charge is 0.366 e. The van der Waals surface area contributed by atoms with Gasteiger partial charge in [-0.2, -0.15) is 0 Å². The van der Waals surface area contributed by atoms with Crippen LogP contribution in [0.3, 0.4) is 0 Å². The highest BCUT2D eigenvalue weighted by Gasteiger charge is 2.24. The number of likely N-dealkylation sites (tertiary alicyclic amines) is 1. The van der Waals surface area contributed by atoms with Crippen molar-refractivity contribution in [3.63, 3.8) is 0 Å². The van der Waals surface area contributed by atoms with Crippen LogP contribution in [-0.2, 0) is 4.79 Å². The molecule has 1 aliphatic rings. The van der Waals surface area contributed by atoms with Crippen molar-refractivity contribution in [2.45, 2.75) is 12.8 Å². The molecule has 0 saturated carbocycles. The molecule has 1 aliphatic heterocycles. The minimum atomic E-state index is -0.622. The highest BCUT2D eigenvalue weighted by Crippen LogP contribution is 2.30. The lowest BCUT2D eigenvalue weighted by Crippen LogP contribution is -2.36. The molecule has 7 heteroatoms. The molecule has 0 bridgehead atoms. The number of piperidine rings is 1. The number of primary amides is 1. The molecule has 0 unspecified atom stereocenters. The van der Waals surface area contributed by atoms with Gasteiger partial charge in [-0.15, -0.1) is 0 Å². The molecule has 1 saturated heterocycles. The fourth-order valence-corrected chi connectivity index (χ4v) is 2.87. The summed E-state index contributed by atoms with van der Waals surface area (Å²) in [6.45, 7) is 1.79. The number of anilines is 1. The van der Waals surface area contributed by atoms with E-state index in [1.807, 2.05) is 7.05 Å². The van der Waals surface area contributed by atoms with Crippen LogP contribution in [-0.4, -0.2) is 36.9 Å². The van der Waals surface area contributed by atoms with Crippen LogP contribution < -0.4 is 11.1 Å². The number of hydrogen-bond donors (Lipinski definition) is 2. The molecule has 114 valence electrons. The number of benzene rings is 1. The SMILES string of the molecule is CN1CCC(C(=O)Nc2cc(Br)c(Cl)cc2C(N)=O)CC1. The fraction of sp³-hybridized carbons (Fsp3) is 0.429. The summed E-state index contributed by atoms with van der Waals surface area (Å²) in [5.74, 6) is -0.751. The van der Waals surface area contributed by atoms with E-state index in [1.165, 1.54) is 6.07 Å². The Morgan fingerprint density at radius 3 is 2.57 bits per heavy atom. The molecule has 2 rings (SSSR count). The van der Waals surface area contributed by atoms with Crippen LogP contribution in [0.1, 0.15) is 23.2 Å². The second-order valence-corrected chi connectivity index (χ2v) is 6.50. The Balaban J connectivity index is 2.17. The maximum Gasteiger partial charge on any atom is 0.250 e. The second-order valence-electron chi connectivity index (χ2n) is 5.24. The smallest absolute Gasteiger partial charge is 0.250 e. The summed E-state index contributed by atoms with van der Waals surface area (Å²) in [7, 11) is 2.04. The third-order valence-electron chi connectivity index (χ3n) is 3.67. The number of rotatable bonds is 3. The molecule has 3 N–H and O–H groups in total. The predicted octanol–water partition coefficient (Wildman–Crippen LogP) is 2.48. The number of hydrogen-bond acceptors (Lipinski definition) is 3. The van der Waals surface area contributed by atoms with Gasteiger partial charge in [-0.05, 0) is 61.0 Å². The normalized spacial score (nSPS) is 16.7. The van der Waals surface area contributed by atoms with E-state index in [-0.39, 0.29) is 17.4 Å². The molecule has 5 nitrogen and oxygen atoms in total. The van der Waals surface area contributed by atoms with Crippen molar-refractivity contribution in [1.82, 2.24) is 4.90 Å². The lowest BCUT2D eigenvalue weighted by Gasteiger charge is -2.28. The van der Waals surface area contributed by atoms with Gasteiger partial charge < -0.3 is 16.0 Å². The van der Waals surface area contributed by atoms with Gasteiger partial charge >= 0.3 is 0 Å². The first-order chi connectivity index (χ1) is 9.88. The van der Waals surface area contributed by atoms with E-state index in [4.69, 9.17) is 17.3 Å². The van der Waals surface area contributed by atoms with Gasteiger partial charge in [0, 0.05) is 10.4 Å². The van der Waals surface area contributed by atoms with Gasteiger partial charge in [0.05, 0.1) is 16.3 Å². The van der Waals surface area contributed by atoms with Crippen LogP contribution in [0.4, 0.5) is 5.69 Å². The topological polar surface area (TPSA) is 75.4 Å². The Bertz CT molecular complexity index is 572. The average Bonchev–Trinajstić information content (AvgIpc) is 2.43. The van der Waals surface area contributed by atoms with Crippen LogP contribution in [0.5, 0.6) is 0 Å². The van der Waals surface area contributed by atoms with E-state index in [0.717, 1.165) is 25.9 Å². The summed E-state index contributed by atoms with van der Waals surface area (Å²) < 4.78 is 0.604. The number of carbonyl (C=O) groups is 2. The molecule has 0 aromatic heterocycles. The Labute approximate surface area is 136 Å². The third kappa shape index (κ3) is 3.96. The van der Waals surface area contributed by atoms with E-state index >= 15 is 0 Å². The van der Waals surface area contributed by atoms with Crippen LogP contribution >= 0.6 is 27.5 Å². The molecule has 1 aromatic rings. The van der Waals surface area contributed by atoms with Crippen molar-refractivity contribution in [2.24, 2.45) is 11.7 Å². The molecular formula is C14H17BrClN3O2. The van der Waals surface area contributed by atoms with Crippen molar-refractivity contribution in [3.8, 4) is 0 Å². The number of nitrogens with one attached hydrogen (secondary N) is 1. The minimum Gasteiger partial charge on any atom is -0.366 e. The molecule has 0 spiro atoms. The maximum atomic E-state index is 12.3. The van der Waals surface area contributed by atoms with Gasteiger partial charge in [-0.3, -0.25) is 9.59 Å². The summed E-state index contributed by atoms with van der Waals surface area (Å²) in [5.41, 5.74) is 5.94. The van der Waals surface area contributed by atoms with Crippen LogP contribution in [0.2, 0.25) is 5.02 Å². The van der Waals surface area contributed by atoms with E-state index in [1.54, 1.807) is 6.07 Å². The zero-order valence-corrected chi connectivity index (χ0v) is 14.0. The van der Waals surface area contributed by atoms with Gasteiger partial charge in [0.2, 0.25) is 5.91 Å². The first kappa shape index (κ1) is 16.3. The Morgan fingerprint density at radius 2 is 2.00 bits per heavy atom. The van der Waals surface area contributed by atoms with Crippen molar-refractivity contribution in [1.29, 1.82) is 0 Å². The molecule has 1 heterocycles. The fourth-order valence-electron chi connectivity index (χ4n) is 2.36. The number of amides is 2.